The lowest BCUT2D eigenvalue weighted by Gasteiger charge is -2.16. The lowest BCUT2D eigenvalue weighted by Crippen LogP contribution is -2.08. The second-order valence-electron chi connectivity index (χ2n) is 2.92. The molecule has 0 unspecified atom stereocenters. The smallest absolute Gasteiger partial charge is 0.0433 e. The fourth-order valence-electron chi connectivity index (χ4n) is 1.17. The van der Waals surface area contributed by atoms with Gasteiger partial charge in [0, 0.05) is 6.61 Å². The Hall–Kier alpha value is -0.0400. The van der Waals surface area contributed by atoms with Gasteiger partial charge in [0.25, 0.3) is 0 Å². The van der Waals surface area contributed by atoms with Crippen molar-refractivity contribution in [1.29, 1.82) is 0 Å². The van der Waals surface area contributed by atoms with Crippen LogP contribution in [0.15, 0.2) is 0 Å². The van der Waals surface area contributed by atoms with E-state index >= 15 is 0 Å². The van der Waals surface area contributed by atoms with Gasteiger partial charge in [0.15, 0.2) is 0 Å². The van der Waals surface area contributed by atoms with E-state index in [0.29, 0.717) is 6.61 Å². The first-order valence-electron chi connectivity index (χ1n) is 3.83. The quantitative estimate of drug-likeness (QED) is 0.617. The Morgan fingerprint density at radius 2 is 1.89 bits per heavy atom. The number of rotatable bonds is 4. The number of aliphatic hydroxyl groups excluding tert-OH is 1. The van der Waals surface area contributed by atoms with Crippen LogP contribution in [0, 0.1) is 11.8 Å². The molecule has 0 aliphatic carbocycles. The topological polar surface area (TPSA) is 20.2 Å². The Bertz CT molecular complexity index is 59.6. The van der Waals surface area contributed by atoms with Gasteiger partial charge < -0.3 is 5.11 Å². The predicted octanol–water partition coefficient (Wildman–Crippen LogP) is 2.05. The highest BCUT2D eigenvalue weighted by molar-refractivity contribution is 4.59. The van der Waals surface area contributed by atoms with Gasteiger partial charge in [0.1, 0.15) is 0 Å². The molecule has 0 aromatic carbocycles. The zero-order valence-electron chi connectivity index (χ0n) is 6.72. The summed E-state index contributed by atoms with van der Waals surface area (Å²) in [4.78, 5) is 0. The minimum atomic E-state index is 0.344. The molecule has 0 aromatic rings. The summed E-state index contributed by atoms with van der Waals surface area (Å²) in [6, 6.07) is 0. The van der Waals surface area contributed by atoms with Crippen molar-refractivity contribution >= 4 is 0 Å². The summed E-state index contributed by atoms with van der Waals surface area (Å²) >= 11 is 0. The van der Waals surface area contributed by atoms with Crippen molar-refractivity contribution in [3.63, 3.8) is 0 Å². The molecular weight excluding hydrogens is 112 g/mol. The van der Waals surface area contributed by atoms with Crippen molar-refractivity contribution in [1.82, 2.24) is 0 Å². The van der Waals surface area contributed by atoms with Gasteiger partial charge >= 0.3 is 0 Å². The lowest BCUT2D eigenvalue weighted by molar-refractivity contribution is 0.228. The van der Waals surface area contributed by atoms with Crippen molar-refractivity contribution in [3.05, 3.63) is 0 Å². The third kappa shape index (κ3) is 3.52. The van der Waals surface area contributed by atoms with E-state index in [-0.39, 0.29) is 0 Å². The molecule has 1 N–H and O–H groups in total. The fourth-order valence-corrected chi connectivity index (χ4v) is 1.17. The molecular formula is C8H18O. The van der Waals surface area contributed by atoms with Crippen LogP contribution in [0.4, 0.5) is 0 Å². The van der Waals surface area contributed by atoms with E-state index in [9.17, 15) is 0 Å². The van der Waals surface area contributed by atoms with E-state index in [1.54, 1.807) is 0 Å². The first-order chi connectivity index (χ1) is 4.22. The maximum absolute atomic E-state index is 8.62. The Morgan fingerprint density at radius 1 is 1.33 bits per heavy atom. The minimum Gasteiger partial charge on any atom is -0.396 e. The molecule has 9 heavy (non-hydrogen) atoms. The monoisotopic (exact) mass is 130 g/mol. The SMILES string of the molecule is CC[C@H](CCO)C(C)C. The van der Waals surface area contributed by atoms with Crippen LogP contribution < -0.4 is 0 Å². The summed E-state index contributed by atoms with van der Waals surface area (Å²) in [5.41, 5.74) is 0. The third-order valence-electron chi connectivity index (χ3n) is 1.97. The second-order valence-corrected chi connectivity index (χ2v) is 2.92. The molecule has 0 heterocycles. The molecule has 0 amide bonds. The molecule has 1 atom stereocenters. The van der Waals surface area contributed by atoms with Gasteiger partial charge in [0.05, 0.1) is 0 Å². The van der Waals surface area contributed by atoms with Gasteiger partial charge in [-0.25, -0.2) is 0 Å². The Morgan fingerprint density at radius 3 is 2.00 bits per heavy atom. The number of hydrogen-bond donors (Lipinski definition) is 1. The fraction of sp³-hybridized carbons (Fsp3) is 1.00. The molecule has 0 aliphatic rings. The lowest BCUT2D eigenvalue weighted by atomic mass is 9.91. The van der Waals surface area contributed by atoms with Gasteiger partial charge in [-0.2, -0.15) is 0 Å². The highest BCUT2D eigenvalue weighted by Crippen LogP contribution is 2.17. The van der Waals surface area contributed by atoms with E-state index in [0.717, 1.165) is 18.3 Å². The van der Waals surface area contributed by atoms with Crippen LogP contribution in [0.3, 0.4) is 0 Å². The van der Waals surface area contributed by atoms with Crippen LogP contribution in [-0.2, 0) is 0 Å². The second kappa shape index (κ2) is 4.80. The molecule has 0 saturated heterocycles. The molecule has 0 radical (unpaired) electrons. The van der Waals surface area contributed by atoms with E-state index in [1.807, 2.05) is 0 Å². The third-order valence-corrected chi connectivity index (χ3v) is 1.97. The summed E-state index contributed by atoms with van der Waals surface area (Å²) in [7, 11) is 0. The molecule has 1 heteroatoms. The molecule has 0 aliphatic heterocycles. The molecule has 56 valence electrons. The average Bonchev–Trinajstić information content (AvgIpc) is 1.82. The van der Waals surface area contributed by atoms with Crippen molar-refractivity contribution in [2.24, 2.45) is 11.8 Å². The zero-order chi connectivity index (χ0) is 7.28. The van der Waals surface area contributed by atoms with Crippen LogP contribution in [0.2, 0.25) is 0 Å². The highest BCUT2D eigenvalue weighted by atomic mass is 16.3. The maximum atomic E-state index is 8.62. The highest BCUT2D eigenvalue weighted by Gasteiger charge is 2.08. The summed E-state index contributed by atoms with van der Waals surface area (Å²) in [6.07, 6.45) is 2.16. The van der Waals surface area contributed by atoms with Crippen LogP contribution in [0.5, 0.6) is 0 Å². The number of aliphatic hydroxyl groups is 1. The number of hydrogen-bond acceptors (Lipinski definition) is 1. The zero-order valence-corrected chi connectivity index (χ0v) is 6.72. The van der Waals surface area contributed by atoms with E-state index in [1.165, 1.54) is 6.42 Å². The molecule has 0 fully saturated rings. The Kier molecular flexibility index (Phi) is 4.78. The standard InChI is InChI=1S/C8H18O/c1-4-8(5-6-9)7(2)3/h7-9H,4-6H2,1-3H3/t8-/m1/s1. The Balaban J connectivity index is 3.41. The summed E-state index contributed by atoms with van der Waals surface area (Å²) in [5.74, 6) is 1.44. The van der Waals surface area contributed by atoms with Crippen LogP contribution >= 0.6 is 0 Å². The minimum absolute atomic E-state index is 0.344. The molecule has 0 saturated carbocycles. The van der Waals surface area contributed by atoms with Gasteiger partial charge in [0.2, 0.25) is 0 Å². The van der Waals surface area contributed by atoms with Gasteiger partial charge in [-0.1, -0.05) is 27.2 Å². The largest absolute Gasteiger partial charge is 0.396 e. The predicted molar refractivity (Wildman–Crippen MR) is 40.3 cm³/mol. The van der Waals surface area contributed by atoms with E-state index in [2.05, 4.69) is 20.8 Å². The summed E-state index contributed by atoms with van der Waals surface area (Å²) in [5, 5.41) is 8.62. The van der Waals surface area contributed by atoms with Crippen molar-refractivity contribution in [3.8, 4) is 0 Å². The van der Waals surface area contributed by atoms with Gasteiger partial charge in [-0.15, -0.1) is 0 Å². The van der Waals surface area contributed by atoms with Crippen molar-refractivity contribution in [2.45, 2.75) is 33.6 Å². The van der Waals surface area contributed by atoms with Crippen LogP contribution in [-0.4, -0.2) is 11.7 Å². The van der Waals surface area contributed by atoms with Crippen LogP contribution in [0.1, 0.15) is 33.6 Å². The average molecular weight is 130 g/mol. The first-order valence-corrected chi connectivity index (χ1v) is 3.83. The molecule has 1 nitrogen and oxygen atoms in total. The van der Waals surface area contributed by atoms with E-state index < -0.39 is 0 Å². The van der Waals surface area contributed by atoms with Crippen molar-refractivity contribution < 1.29 is 5.11 Å². The summed E-state index contributed by atoms with van der Waals surface area (Å²) in [6.45, 7) is 6.95. The molecule has 0 rings (SSSR count). The van der Waals surface area contributed by atoms with E-state index in [4.69, 9.17) is 5.11 Å². The van der Waals surface area contributed by atoms with Crippen molar-refractivity contribution in [2.75, 3.05) is 6.61 Å². The molecule has 0 aromatic heterocycles. The summed E-state index contributed by atoms with van der Waals surface area (Å²) < 4.78 is 0. The maximum Gasteiger partial charge on any atom is 0.0433 e. The molecule has 0 bridgehead atoms. The van der Waals surface area contributed by atoms with Crippen LogP contribution in [0.25, 0.3) is 0 Å². The normalized spacial score (nSPS) is 14.3. The Labute approximate surface area is 58.1 Å². The van der Waals surface area contributed by atoms with Gasteiger partial charge in [-0.3, -0.25) is 0 Å². The molecule has 0 spiro atoms. The van der Waals surface area contributed by atoms with Gasteiger partial charge in [-0.05, 0) is 18.3 Å². The first kappa shape index (κ1) is 8.96.